The van der Waals surface area contributed by atoms with Crippen LogP contribution in [0, 0.1) is 0 Å². The molecule has 0 aliphatic rings. The van der Waals surface area contributed by atoms with E-state index in [4.69, 9.17) is 4.42 Å². The number of benzene rings is 7. The average Bonchev–Trinajstić information content (AvgIpc) is 3.31. The summed E-state index contributed by atoms with van der Waals surface area (Å²) < 4.78 is 6.28. The van der Waals surface area contributed by atoms with Gasteiger partial charge in [-0.3, -0.25) is 0 Å². The maximum Gasteiger partial charge on any atom is 0.135 e. The largest absolute Gasteiger partial charge is 0.456 e. The Balaban J connectivity index is 1.34. The Bertz CT molecular complexity index is 2000. The molecule has 0 radical (unpaired) electrons. The normalized spacial score (nSPS) is 12.0. The van der Waals surface area contributed by atoms with Crippen LogP contribution in [-0.4, -0.2) is 0 Å². The molecule has 1 heterocycles. The Morgan fingerprint density at radius 3 is 1.92 bits per heavy atom. The molecule has 1 aromatic heterocycles. The van der Waals surface area contributed by atoms with Crippen molar-refractivity contribution in [1.82, 2.24) is 0 Å². The Kier molecular flexibility index (Phi) is 4.06. The van der Waals surface area contributed by atoms with Crippen LogP contribution in [0.4, 0.5) is 0 Å². The van der Waals surface area contributed by atoms with Crippen molar-refractivity contribution in [2.45, 2.75) is 6.42 Å². The minimum Gasteiger partial charge on any atom is -0.456 e. The van der Waals surface area contributed by atoms with E-state index in [0.717, 1.165) is 17.6 Å². The van der Waals surface area contributed by atoms with Crippen LogP contribution >= 0.6 is 0 Å². The molecule has 1 nitrogen and oxygen atoms in total. The third kappa shape index (κ3) is 2.90. The topological polar surface area (TPSA) is 13.1 Å². The van der Waals surface area contributed by atoms with Crippen molar-refractivity contribution in [2.75, 3.05) is 0 Å². The molecule has 0 amide bonds. The molecule has 0 aliphatic carbocycles. The van der Waals surface area contributed by atoms with Crippen LogP contribution < -0.4 is 0 Å². The Hall–Kier alpha value is -4.62. The molecule has 0 saturated heterocycles. The number of hydrogen-bond acceptors (Lipinski definition) is 1. The first-order valence-electron chi connectivity index (χ1n) is 12.5. The van der Waals surface area contributed by atoms with Crippen LogP contribution in [0.25, 0.3) is 65.4 Å². The van der Waals surface area contributed by atoms with Gasteiger partial charge in [-0.15, -0.1) is 0 Å². The van der Waals surface area contributed by atoms with Gasteiger partial charge in [-0.05, 0) is 91.3 Å². The zero-order valence-corrected chi connectivity index (χ0v) is 19.7. The molecule has 0 unspecified atom stereocenters. The van der Waals surface area contributed by atoms with Gasteiger partial charge in [0.25, 0.3) is 0 Å². The third-order valence-corrected chi connectivity index (χ3v) is 7.62. The van der Waals surface area contributed by atoms with Crippen LogP contribution in [0.5, 0.6) is 0 Å². The fourth-order valence-corrected chi connectivity index (χ4v) is 5.96. The second-order valence-electron chi connectivity index (χ2n) is 9.77. The lowest BCUT2D eigenvalue weighted by Gasteiger charge is -2.13. The van der Waals surface area contributed by atoms with Gasteiger partial charge in [0.1, 0.15) is 11.2 Å². The van der Waals surface area contributed by atoms with E-state index in [-0.39, 0.29) is 0 Å². The lowest BCUT2D eigenvalue weighted by molar-refractivity contribution is 0.669. The quantitative estimate of drug-likeness (QED) is 0.240. The van der Waals surface area contributed by atoms with Crippen molar-refractivity contribution in [3.8, 4) is 11.1 Å². The molecule has 0 bridgehead atoms. The number of furan rings is 1. The van der Waals surface area contributed by atoms with Crippen LogP contribution in [-0.2, 0) is 6.42 Å². The van der Waals surface area contributed by atoms with Gasteiger partial charge >= 0.3 is 0 Å². The zero-order chi connectivity index (χ0) is 23.6. The summed E-state index contributed by atoms with van der Waals surface area (Å²) in [6, 6.07) is 43.9. The summed E-state index contributed by atoms with van der Waals surface area (Å²) in [5, 5.41) is 10.3. The highest BCUT2D eigenvalue weighted by molar-refractivity contribution is 6.23. The molecule has 0 atom stereocenters. The fourth-order valence-electron chi connectivity index (χ4n) is 5.96. The van der Waals surface area contributed by atoms with Gasteiger partial charge in [0.2, 0.25) is 0 Å². The van der Waals surface area contributed by atoms with Gasteiger partial charge in [-0.1, -0.05) is 91.0 Å². The molecule has 168 valence electrons. The van der Waals surface area contributed by atoms with Gasteiger partial charge in [-0.25, -0.2) is 0 Å². The Morgan fingerprint density at radius 2 is 1.14 bits per heavy atom. The maximum atomic E-state index is 6.28. The summed E-state index contributed by atoms with van der Waals surface area (Å²) in [7, 11) is 0. The molecular weight excluding hydrogens is 436 g/mol. The fraction of sp³-hybridized carbons (Fsp3) is 0.0286. The summed E-state index contributed by atoms with van der Waals surface area (Å²) >= 11 is 0. The van der Waals surface area contributed by atoms with E-state index in [9.17, 15) is 0 Å². The number of hydrogen-bond donors (Lipinski definition) is 0. The highest BCUT2D eigenvalue weighted by Gasteiger charge is 2.14. The monoisotopic (exact) mass is 458 g/mol. The average molecular weight is 459 g/mol. The standard InChI is InChI=1S/C35H22O/c1-2-6-22(7-3-1)18-26-10-5-11-32-35(26)30-21-25(16-17-31(30)36-32)29-19-27-14-12-23-8-4-9-24-13-15-28(20-29)34(27)33(23)24/h1-17,19-21H,18H2. The molecule has 0 spiro atoms. The van der Waals surface area contributed by atoms with Gasteiger partial charge in [0, 0.05) is 10.8 Å². The van der Waals surface area contributed by atoms with Crippen molar-refractivity contribution in [3.05, 3.63) is 132 Å². The first kappa shape index (κ1) is 19.7. The van der Waals surface area contributed by atoms with Crippen molar-refractivity contribution < 1.29 is 4.42 Å². The molecule has 0 N–H and O–H groups in total. The van der Waals surface area contributed by atoms with E-state index >= 15 is 0 Å². The minimum atomic E-state index is 0.886. The Labute approximate surface area is 208 Å². The molecular formula is C35H22O. The van der Waals surface area contributed by atoms with Crippen molar-refractivity contribution in [3.63, 3.8) is 0 Å². The summed E-state index contributed by atoms with van der Waals surface area (Å²) in [6.45, 7) is 0. The summed E-state index contributed by atoms with van der Waals surface area (Å²) in [4.78, 5) is 0. The highest BCUT2D eigenvalue weighted by atomic mass is 16.3. The summed E-state index contributed by atoms with van der Waals surface area (Å²) in [6.07, 6.45) is 0.886. The number of fused-ring (bicyclic) bond motifs is 3. The van der Waals surface area contributed by atoms with Gasteiger partial charge in [0.05, 0.1) is 0 Å². The van der Waals surface area contributed by atoms with E-state index in [1.54, 1.807) is 0 Å². The molecule has 0 saturated carbocycles. The predicted molar refractivity (Wildman–Crippen MR) is 152 cm³/mol. The smallest absolute Gasteiger partial charge is 0.135 e. The molecule has 7 aromatic carbocycles. The SMILES string of the molecule is c1ccc(Cc2cccc3oc4ccc(-c5cc6ccc7cccc8ccc(c5)c6c78)cc4c23)cc1. The van der Waals surface area contributed by atoms with Gasteiger partial charge in [-0.2, -0.15) is 0 Å². The molecule has 0 aliphatic heterocycles. The van der Waals surface area contributed by atoms with Gasteiger partial charge in [0.15, 0.2) is 0 Å². The lowest BCUT2D eigenvalue weighted by atomic mass is 9.91. The molecule has 1 heteroatoms. The van der Waals surface area contributed by atoms with Crippen molar-refractivity contribution in [1.29, 1.82) is 0 Å². The van der Waals surface area contributed by atoms with E-state index in [1.165, 1.54) is 65.3 Å². The van der Waals surface area contributed by atoms with E-state index < -0.39 is 0 Å². The molecule has 8 rings (SSSR count). The molecule has 0 fully saturated rings. The van der Waals surface area contributed by atoms with E-state index in [1.807, 2.05) is 0 Å². The maximum absolute atomic E-state index is 6.28. The first-order valence-corrected chi connectivity index (χ1v) is 12.5. The molecule has 36 heavy (non-hydrogen) atoms. The highest BCUT2D eigenvalue weighted by Crippen LogP contribution is 2.39. The Morgan fingerprint density at radius 1 is 0.444 bits per heavy atom. The van der Waals surface area contributed by atoms with E-state index in [0.29, 0.717) is 0 Å². The zero-order valence-electron chi connectivity index (χ0n) is 19.7. The summed E-state index contributed by atoms with van der Waals surface area (Å²) in [5.74, 6) is 0. The van der Waals surface area contributed by atoms with Crippen molar-refractivity contribution >= 4 is 54.3 Å². The second kappa shape index (κ2) is 7.44. The van der Waals surface area contributed by atoms with E-state index in [2.05, 4.69) is 121 Å². The minimum absolute atomic E-state index is 0.886. The number of rotatable bonds is 3. The first-order chi connectivity index (χ1) is 17.8. The van der Waals surface area contributed by atoms with Crippen LogP contribution in [0.1, 0.15) is 11.1 Å². The van der Waals surface area contributed by atoms with Crippen LogP contribution in [0.2, 0.25) is 0 Å². The third-order valence-electron chi connectivity index (χ3n) is 7.62. The van der Waals surface area contributed by atoms with Gasteiger partial charge < -0.3 is 4.42 Å². The summed E-state index contributed by atoms with van der Waals surface area (Å²) in [5.41, 5.74) is 6.94. The second-order valence-corrected chi connectivity index (χ2v) is 9.77. The van der Waals surface area contributed by atoms with Crippen LogP contribution in [0.15, 0.2) is 126 Å². The van der Waals surface area contributed by atoms with Crippen LogP contribution in [0.3, 0.4) is 0 Å². The predicted octanol–water partition coefficient (Wildman–Crippen LogP) is 9.74. The molecule has 8 aromatic rings. The lowest BCUT2D eigenvalue weighted by Crippen LogP contribution is -1.88. The van der Waals surface area contributed by atoms with Crippen molar-refractivity contribution in [2.24, 2.45) is 0 Å².